The molecule has 0 saturated heterocycles. The molecule has 0 spiro atoms. The van der Waals surface area contributed by atoms with Gasteiger partial charge in [0.15, 0.2) is 0 Å². The molecule has 2 rings (SSSR count). The van der Waals surface area contributed by atoms with Crippen molar-refractivity contribution in [3.63, 3.8) is 0 Å². The molecule has 1 amide bonds. The number of rotatable bonds is 3. The van der Waals surface area contributed by atoms with Gasteiger partial charge in [0.1, 0.15) is 5.15 Å². The number of nitrogens with one attached hydrogen (secondary N) is 1. The highest BCUT2D eigenvalue weighted by Crippen LogP contribution is 2.20. The monoisotopic (exact) mass is 288 g/mol. The standard InChI is InChI=1S/C14H13ClN4O/c1-9-12(13(15)19(2)18-9)14(20)17-11-5-3-10(4-6-11)7-8-16/h3-6H,7H2,1-2H3,(H,17,20). The molecule has 0 aliphatic carbocycles. The largest absolute Gasteiger partial charge is 0.322 e. The summed E-state index contributed by atoms with van der Waals surface area (Å²) in [5.74, 6) is -0.298. The maximum Gasteiger partial charge on any atom is 0.260 e. The van der Waals surface area contributed by atoms with E-state index in [1.807, 2.05) is 0 Å². The van der Waals surface area contributed by atoms with Crippen molar-refractivity contribution < 1.29 is 4.79 Å². The van der Waals surface area contributed by atoms with Crippen molar-refractivity contribution >= 4 is 23.2 Å². The molecule has 6 heteroatoms. The molecule has 0 unspecified atom stereocenters. The van der Waals surface area contributed by atoms with Gasteiger partial charge in [0.25, 0.3) is 5.91 Å². The van der Waals surface area contributed by atoms with Crippen LogP contribution in [-0.4, -0.2) is 15.7 Å². The molecule has 0 saturated carbocycles. The second-order valence-electron chi connectivity index (χ2n) is 4.36. The lowest BCUT2D eigenvalue weighted by atomic mass is 10.1. The Hall–Kier alpha value is -2.32. The molecule has 0 aliphatic heterocycles. The Bertz CT molecular complexity index is 682. The number of carbonyl (C=O) groups excluding carboxylic acids is 1. The number of nitrogens with zero attached hydrogens (tertiary/aromatic N) is 3. The topological polar surface area (TPSA) is 70.7 Å². The molecule has 0 radical (unpaired) electrons. The molecule has 1 aromatic carbocycles. The van der Waals surface area contributed by atoms with E-state index >= 15 is 0 Å². The Morgan fingerprint density at radius 3 is 2.60 bits per heavy atom. The second-order valence-corrected chi connectivity index (χ2v) is 4.72. The first kappa shape index (κ1) is 14.1. The Morgan fingerprint density at radius 2 is 2.10 bits per heavy atom. The summed E-state index contributed by atoms with van der Waals surface area (Å²) >= 11 is 6.05. The molecule has 0 bridgehead atoms. The zero-order valence-corrected chi connectivity index (χ0v) is 11.9. The molecule has 5 nitrogen and oxygen atoms in total. The van der Waals surface area contributed by atoms with E-state index in [4.69, 9.17) is 16.9 Å². The minimum Gasteiger partial charge on any atom is -0.322 e. The third-order valence-corrected chi connectivity index (χ3v) is 3.31. The quantitative estimate of drug-likeness (QED) is 0.944. The molecule has 0 aliphatic rings. The van der Waals surface area contributed by atoms with Crippen LogP contribution in [0.3, 0.4) is 0 Å². The van der Waals surface area contributed by atoms with E-state index in [9.17, 15) is 4.79 Å². The number of amides is 1. The summed E-state index contributed by atoms with van der Waals surface area (Å²) in [7, 11) is 1.68. The summed E-state index contributed by atoms with van der Waals surface area (Å²) in [5, 5.41) is 15.8. The number of nitriles is 1. The zero-order chi connectivity index (χ0) is 14.7. The van der Waals surface area contributed by atoms with E-state index in [0.717, 1.165) is 5.56 Å². The number of carbonyl (C=O) groups is 1. The Kier molecular flexibility index (Phi) is 4.06. The average Bonchev–Trinajstić information content (AvgIpc) is 2.66. The summed E-state index contributed by atoms with van der Waals surface area (Å²) in [5.41, 5.74) is 2.50. The van der Waals surface area contributed by atoms with Crippen molar-refractivity contribution in [1.29, 1.82) is 5.26 Å². The minimum atomic E-state index is -0.298. The van der Waals surface area contributed by atoms with Crippen LogP contribution in [0.4, 0.5) is 5.69 Å². The maximum atomic E-state index is 12.2. The van der Waals surface area contributed by atoms with Crippen LogP contribution in [0.15, 0.2) is 24.3 Å². The smallest absolute Gasteiger partial charge is 0.260 e. The van der Waals surface area contributed by atoms with Gasteiger partial charge >= 0.3 is 0 Å². The lowest BCUT2D eigenvalue weighted by Crippen LogP contribution is -2.13. The van der Waals surface area contributed by atoms with E-state index in [1.165, 1.54) is 4.68 Å². The van der Waals surface area contributed by atoms with Gasteiger partial charge in [-0.25, -0.2) is 0 Å². The molecule has 0 atom stereocenters. The van der Waals surface area contributed by atoms with Crippen LogP contribution in [0, 0.1) is 18.3 Å². The predicted octanol–water partition coefficient (Wildman–Crippen LogP) is 2.70. The molecular weight excluding hydrogens is 276 g/mol. The number of anilines is 1. The van der Waals surface area contributed by atoms with Crippen LogP contribution >= 0.6 is 11.6 Å². The lowest BCUT2D eigenvalue weighted by Gasteiger charge is -2.05. The van der Waals surface area contributed by atoms with Crippen molar-refractivity contribution in [2.45, 2.75) is 13.3 Å². The fourth-order valence-electron chi connectivity index (χ4n) is 1.88. The van der Waals surface area contributed by atoms with Crippen LogP contribution < -0.4 is 5.32 Å². The van der Waals surface area contributed by atoms with Crippen LogP contribution in [-0.2, 0) is 13.5 Å². The Morgan fingerprint density at radius 1 is 1.45 bits per heavy atom. The van der Waals surface area contributed by atoms with E-state index < -0.39 is 0 Å². The van der Waals surface area contributed by atoms with Gasteiger partial charge in [-0.15, -0.1) is 0 Å². The van der Waals surface area contributed by atoms with Crippen LogP contribution in [0.25, 0.3) is 0 Å². The Labute approximate surface area is 121 Å². The summed E-state index contributed by atoms with van der Waals surface area (Å²) in [6, 6.07) is 9.18. The number of aryl methyl sites for hydroxylation is 2. The van der Waals surface area contributed by atoms with Gasteiger partial charge in [-0.3, -0.25) is 9.48 Å². The second kappa shape index (κ2) is 5.76. The first-order valence-corrected chi connectivity index (χ1v) is 6.37. The van der Waals surface area contributed by atoms with Crippen molar-refractivity contribution in [2.75, 3.05) is 5.32 Å². The molecule has 1 heterocycles. The van der Waals surface area contributed by atoms with Gasteiger partial charge in [-0.1, -0.05) is 23.7 Å². The average molecular weight is 289 g/mol. The SMILES string of the molecule is Cc1nn(C)c(Cl)c1C(=O)Nc1ccc(CC#N)cc1. The van der Waals surface area contributed by atoms with Crippen LogP contribution in [0.5, 0.6) is 0 Å². The van der Waals surface area contributed by atoms with Crippen molar-refractivity contribution in [2.24, 2.45) is 7.05 Å². The summed E-state index contributed by atoms with van der Waals surface area (Å²) in [6.45, 7) is 1.73. The summed E-state index contributed by atoms with van der Waals surface area (Å²) in [6.07, 6.45) is 0.349. The van der Waals surface area contributed by atoms with Crippen molar-refractivity contribution in [3.8, 4) is 6.07 Å². The van der Waals surface area contributed by atoms with E-state index in [0.29, 0.717) is 28.5 Å². The molecule has 1 N–H and O–H groups in total. The van der Waals surface area contributed by atoms with Gasteiger partial charge in [-0.05, 0) is 24.6 Å². The highest BCUT2D eigenvalue weighted by molar-refractivity contribution is 6.33. The summed E-state index contributed by atoms with van der Waals surface area (Å²) in [4.78, 5) is 12.2. The van der Waals surface area contributed by atoms with E-state index in [2.05, 4.69) is 16.5 Å². The van der Waals surface area contributed by atoms with E-state index in [1.54, 1.807) is 38.2 Å². The molecule has 1 aromatic heterocycles. The molecule has 20 heavy (non-hydrogen) atoms. The fourth-order valence-corrected chi connectivity index (χ4v) is 2.14. The molecule has 0 fully saturated rings. The normalized spacial score (nSPS) is 10.1. The number of benzene rings is 1. The zero-order valence-electron chi connectivity index (χ0n) is 11.1. The molecule has 102 valence electrons. The molecule has 2 aromatic rings. The van der Waals surface area contributed by atoms with Gasteiger partial charge < -0.3 is 5.32 Å². The highest BCUT2D eigenvalue weighted by atomic mass is 35.5. The van der Waals surface area contributed by atoms with Gasteiger partial charge in [0.05, 0.1) is 23.7 Å². The maximum absolute atomic E-state index is 12.2. The van der Waals surface area contributed by atoms with Crippen LogP contribution in [0.2, 0.25) is 5.15 Å². The minimum absolute atomic E-state index is 0.298. The number of hydrogen-bond donors (Lipinski definition) is 1. The number of hydrogen-bond acceptors (Lipinski definition) is 3. The highest BCUT2D eigenvalue weighted by Gasteiger charge is 2.18. The summed E-state index contributed by atoms with van der Waals surface area (Å²) < 4.78 is 1.46. The van der Waals surface area contributed by atoms with Gasteiger partial charge in [0.2, 0.25) is 0 Å². The van der Waals surface area contributed by atoms with Crippen molar-refractivity contribution in [3.05, 3.63) is 46.2 Å². The lowest BCUT2D eigenvalue weighted by molar-refractivity contribution is 0.102. The predicted molar refractivity (Wildman–Crippen MR) is 76.7 cm³/mol. The molecular formula is C14H13ClN4O. The number of halogens is 1. The first-order valence-electron chi connectivity index (χ1n) is 5.99. The third kappa shape index (κ3) is 2.81. The Balaban J connectivity index is 2.17. The van der Waals surface area contributed by atoms with Gasteiger partial charge in [-0.2, -0.15) is 10.4 Å². The number of aromatic nitrogens is 2. The van der Waals surface area contributed by atoms with Gasteiger partial charge in [0, 0.05) is 12.7 Å². The van der Waals surface area contributed by atoms with E-state index in [-0.39, 0.29) is 5.91 Å². The first-order chi connectivity index (χ1) is 9.52. The van der Waals surface area contributed by atoms with Crippen molar-refractivity contribution in [1.82, 2.24) is 9.78 Å². The van der Waals surface area contributed by atoms with Crippen LogP contribution in [0.1, 0.15) is 21.6 Å². The fraction of sp³-hybridized carbons (Fsp3) is 0.214. The third-order valence-electron chi connectivity index (χ3n) is 2.87.